The number of aliphatic hydroxyl groups excluding tert-OH is 1. The summed E-state index contributed by atoms with van der Waals surface area (Å²) in [6.07, 6.45) is 3.56. The van der Waals surface area contributed by atoms with Gasteiger partial charge in [0.2, 0.25) is 0 Å². The maximum Gasteiger partial charge on any atom is 0.255 e. The Kier molecular flexibility index (Phi) is 4.65. The number of hydrogen-bond acceptors (Lipinski definition) is 5. The summed E-state index contributed by atoms with van der Waals surface area (Å²) in [4.78, 5) is 19.1. The Balaban J connectivity index is 1.44. The molecule has 1 aromatic carbocycles. The molecule has 3 N–H and O–H groups in total. The number of benzene rings is 1. The third-order valence-electron chi connectivity index (χ3n) is 6.00. The zero-order valence-corrected chi connectivity index (χ0v) is 14.8. The summed E-state index contributed by atoms with van der Waals surface area (Å²) in [5.41, 5.74) is 6.82. The summed E-state index contributed by atoms with van der Waals surface area (Å²) >= 11 is 0. The molecule has 1 aromatic heterocycles. The van der Waals surface area contributed by atoms with E-state index in [1.807, 2.05) is 35.2 Å². The average Bonchev–Trinajstić information content (AvgIpc) is 2.70. The smallest absolute Gasteiger partial charge is 0.255 e. The zero-order chi connectivity index (χ0) is 18.1. The standard InChI is InChI=1S/C20H25N3O3/c21-7-10-26-18-12-17(24)20(18)5-8-23(9-6-20)19(25)15-11-14-3-1-2-4-16(14)22-13-15/h1-4,11,13,17-18,24H,5-10,12,21H2/t17-,18+/m1/s1. The monoisotopic (exact) mass is 355 g/mol. The van der Waals surface area contributed by atoms with Gasteiger partial charge in [-0.3, -0.25) is 9.78 Å². The van der Waals surface area contributed by atoms with Crippen LogP contribution in [0.1, 0.15) is 29.6 Å². The van der Waals surface area contributed by atoms with Gasteiger partial charge in [0, 0.05) is 43.1 Å². The number of para-hydroxylation sites is 1. The van der Waals surface area contributed by atoms with E-state index in [-0.39, 0.29) is 23.5 Å². The Bertz CT molecular complexity index is 802. The Hall–Kier alpha value is -2.02. The number of hydrogen-bond donors (Lipinski definition) is 2. The van der Waals surface area contributed by atoms with Crippen molar-refractivity contribution in [2.24, 2.45) is 11.1 Å². The van der Waals surface area contributed by atoms with Crippen molar-refractivity contribution < 1.29 is 14.6 Å². The van der Waals surface area contributed by atoms with Gasteiger partial charge in [-0.1, -0.05) is 18.2 Å². The van der Waals surface area contributed by atoms with Gasteiger partial charge >= 0.3 is 0 Å². The molecule has 2 aromatic rings. The molecule has 2 heterocycles. The number of nitrogens with zero attached hydrogens (tertiary/aromatic N) is 2. The van der Waals surface area contributed by atoms with Crippen molar-refractivity contribution in [1.29, 1.82) is 0 Å². The second kappa shape index (κ2) is 6.95. The summed E-state index contributed by atoms with van der Waals surface area (Å²) in [7, 11) is 0. The predicted octanol–water partition coefficient (Wildman–Crippen LogP) is 1.57. The first-order chi connectivity index (χ1) is 12.6. The molecule has 1 saturated heterocycles. The fourth-order valence-electron chi connectivity index (χ4n) is 4.32. The van der Waals surface area contributed by atoms with Crippen LogP contribution in [0.3, 0.4) is 0 Å². The van der Waals surface area contributed by atoms with Crippen molar-refractivity contribution in [2.75, 3.05) is 26.2 Å². The van der Waals surface area contributed by atoms with Gasteiger partial charge in [-0.05, 0) is 25.0 Å². The van der Waals surface area contributed by atoms with Crippen LogP contribution in [0.4, 0.5) is 0 Å². The van der Waals surface area contributed by atoms with E-state index in [1.165, 1.54) is 0 Å². The van der Waals surface area contributed by atoms with Crippen molar-refractivity contribution >= 4 is 16.8 Å². The molecule has 2 fully saturated rings. The molecule has 1 aliphatic carbocycles. The SMILES string of the molecule is NCCO[C@H]1C[C@@H](O)C12CCN(C(=O)c1cnc3ccccc3c1)CC2. The number of ether oxygens (including phenoxy) is 1. The minimum atomic E-state index is -0.343. The first-order valence-corrected chi connectivity index (χ1v) is 9.28. The number of aromatic nitrogens is 1. The van der Waals surface area contributed by atoms with E-state index in [0.717, 1.165) is 23.7 Å². The van der Waals surface area contributed by atoms with E-state index >= 15 is 0 Å². The van der Waals surface area contributed by atoms with Crippen LogP contribution < -0.4 is 5.73 Å². The second-order valence-electron chi connectivity index (χ2n) is 7.34. The average molecular weight is 355 g/mol. The van der Waals surface area contributed by atoms with Crippen LogP contribution in [-0.2, 0) is 4.74 Å². The topological polar surface area (TPSA) is 88.7 Å². The maximum absolute atomic E-state index is 12.9. The number of rotatable bonds is 4. The maximum atomic E-state index is 12.9. The van der Waals surface area contributed by atoms with Crippen molar-refractivity contribution in [3.63, 3.8) is 0 Å². The number of carbonyl (C=O) groups is 1. The van der Waals surface area contributed by atoms with E-state index in [0.29, 0.717) is 38.2 Å². The van der Waals surface area contributed by atoms with Gasteiger partial charge in [0.25, 0.3) is 5.91 Å². The van der Waals surface area contributed by atoms with Crippen LogP contribution >= 0.6 is 0 Å². The van der Waals surface area contributed by atoms with Gasteiger partial charge in [0.05, 0.1) is 29.9 Å². The quantitative estimate of drug-likeness (QED) is 0.869. The molecule has 4 rings (SSSR count). The van der Waals surface area contributed by atoms with Crippen molar-refractivity contribution in [3.05, 3.63) is 42.1 Å². The Labute approximate surface area is 153 Å². The molecule has 0 bridgehead atoms. The molecule has 6 heteroatoms. The zero-order valence-electron chi connectivity index (χ0n) is 14.8. The highest BCUT2D eigenvalue weighted by Gasteiger charge is 2.56. The first kappa shape index (κ1) is 17.4. The number of piperidine rings is 1. The van der Waals surface area contributed by atoms with Crippen molar-refractivity contribution in [2.45, 2.75) is 31.5 Å². The summed E-state index contributed by atoms with van der Waals surface area (Å²) in [5, 5.41) is 11.3. The lowest BCUT2D eigenvalue weighted by Crippen LogP contribution is -2.62. The van der Waals surface area contributed by atoms with Gasteiger partial charge in [-0.2, -0.15) is 0 Å². The lowest BCUT2D eigenvalue weighted by molar-refractivity contribution is -0.207. The van der Waals surface area contributed by atoms with E-state index in [2.05, 4.69) is 4.98 Å². The molecule has 1 aliphatic heterocycles. The van der Waals surface area contributed by atoms with E-state index in [4.69, 9.17) is 10.5 Å². The highest BCUT2D eigenvalue weighted by atomic mass is 16.5. The molecular weight excluding hydrogens is 330 g/mol. The number of amides is 1. The lowest BCUT2D eigenvalue weighted by atomic mass is 9.58. The van der Waals surface area contributed by atoms with Gasteiger partial charge < -0.3 is 20.5 Å². The molecule has 1 spiro atoms. The van der Waals surface area contributed by atoms with Crippen LogP contribution in [0.2, 0.25) is 0 Å². The third kappa shape index (κ3) is 2.88. The van der Waals surface area contributed by atoms with Gasteiger partial charge in [-0.25, -0.2) is 0 Å². The molecular formula is C20H25N3O3. The van der Waals surface area contributed by atoms with Crippen LogP contribution in [0.15, 0.2) is 36.5 Å². The number of aliphatic hydroxyl groups is 1. The Morgan fingerprint density at radius 1 is 1.35 bits per heavy atom. The summed E-state index contributed by atoms with van der Waals surface area (Å²) < 4.78 is 5.82. The van der Waals surface area contributed by atoms with Crippen LogP contribution in [0.25, 0.3) is 10.9 Å². The number of nitrogens with two attached hydrogens (primary N) is 1. The number of likely N-dealkylation sites (tertiary alicyclic amines) is 1. The summed E-state index contributed by atoms with van der Waals surface area (Å²) in [5.74, 6) is 0.00587. The molecule has 138 valence electrons. The normalized spacial score (nSPS) is 24.6. The fraction of sp³-hybridized carbons (Fsp3) is 0.500. The van der Waals surface area contributed by atoms with E-state index in [9.17, 15) is 9.90 Å². The molecule has 2 atom stereocenters. The minimum absolute atomic E-state index is 0.00587. The summed E-state index contributed by atoms with van der Waals surface area (Å²) in [6.45, 7) is 2.27. The Morgan fingerprint density at radius 2 is 2.12 bits per heavy atom. The van der Waals surface area contributed by atoms with Crippen molar-refractivity contribution in [3.8, 4) is 0 Å². The number of fused-ring (bicyclic) bond motifs is 1. The molecule has 0 unspecified atom stereocenters. The molecule has 2 aliphatic rings. The first-order valence-electron chi connectivity index (χ1n) is 9.28. The Morgan fingerprint density at radius 3 is 2.85 bits per heavy atom. The highest BCUT2D eigenvalue weighted by Crippen LogP contribution is 2.51. The van der Waals surface area contributed by atoms with E-state index < -0.39 is 0 Å². The largest absolute Gasteiger partial charge is 0.392 e. The highest BCUT2D eigenvalue weighted by molar-refractivity contribution is 5.97. The fourth-order valence-corrected chi connectivity index (χ4v) is 4.32. The predicted molar refractivity (Wildman–Crippen MR) is 98.7 cm³/mol. The van der Waals surface area contributed by atoms with Crippen LogP contribution in [-0.4, -0.2) is 59.3 Å². The van der Waals surface area contributed by atoms with Crippen LogP contribution in [0, 0.1) is 5.41 Å². The molecule has 26 heavy (non-hydrogen) atoms. The van der Waals surface area contributed by atoms with Gasteiger partial charge in [0.1, 0.15) is 0 Å². The van der Waals surface area contributed by atoms with E-state index in [1.54, 1.807) is 6.20 Å². The van der Waals surface area contributed by atoms with Gasteiger partial charge in [-0.15, -0.1) is 0 Å². The molecule has 1 saturated carbocycles. The number of carbonyl (C=O) groups excluding carboxylic acids is 1. The molecule has 1 amide bonds. The molecule has 0 radical (unpaired) electrons. The minimum Gasteiger partial charge on any atom is -0.392 e. The van der Waals surface area contributed by atoms with Crippen molar-refractivity contribution in [1.82, 2.24) is 9.88 Å². The lowest BCUT2D eigenvalue weighted by Gasteiger charge is -2.56. The second-order valence-corrected chi connectivity index (χ2v) is 7.34. The van der Waals surface area contributed by atoms with Crippen LogP contribution in [0.5, 0.6) is 0 Å². The molecule has 6 nitrogen and oxygen atoms in total. The van der Waals surface area contributed by atoms with Gasteiger partial charge in [0.15, 0.2) is 0 Å². The summed E-state index contributed by atoms with van der Waals surface area (Å²) in [6, 6.07) is 9.69. The number of pyridine rings is 1. The third-order valence-corrected chi connectivity index (χ3v) is 6.00.